The number of aryl methyl sites for hydroxylation is 2. The number of nitrogens with one attached hydrogen (secondary N) is 1. The zero-order valence-electron chi connectivity index (χ0n) is 12.6. The van der Waals surface area contributed by atoms with Crippen molar-refractivity contribution in [3.63, 3.8) is 0 Å². The second-order valence-electron chi connectivity index (χ2n) is 5.17. The number of hydrogen-bond donors (Lipinski definition) is 1. The monoisotopic (exact) mass is 253 g/mol. The first-order chi connectivity index (χ1) is 8.44. The molecule has 0 bridgehead atoms. The second-order valence-corrected chi connectivity index (χ2v) is 5.17. The molecule has 0 saturated carbocycles. The summed E-state index contributed by atoms with van der Waals surface area (Å²) in [7, 11) is 1.99. The Morgan fingerprint density at radius 2 is 2.11 bits per heavy atom. The largest absolute Gasteiger partial charge is 0.374 e. The Kier molecular flexibility index (Phi) is 5.35. The number of likely N-dealkylation sites (N-methyl/N-ethyl adjacent to an activating group) is 1. The van der Waals surface area contributed by atoms with Crippen molar-refractivity contribution in [2.24, 2.45) is 0 Å². The van der Waals surface area contributed by atoms with Crippen LogP contribution in [0.5, 0.6) is 0 Å². The Balaban J connectivity index is 2.85. The molecule has 1 rings (SSSR count). The molecule has 1 aromatic rings. The summed E-state index contributed by atoms with van der Waals surface area (Å²) in [4.78, 5) is 0. The van der Waals surface area contributed by atoms with Crippen LogP contribution in [0.15, 0.2) is 6.07 Å². The van der Waals surface area contributed by atoms with E-state index in [9.17, 15) is 0 Å². The van der Waals surface area contributed by atoms with Crippen LogP contribution >= 0.6 is 0 Å². The lowest BCUT2D eigenvalue weighted by atomic mass is 9.94. The van der Waals surface area contributed by atoms with Gasteiger partial charge in [-0.1, -0.05) is 0 Å². The van der Waals surface area contributed by atoms with Gasteiger partial charge in [0.05, 0.1) is 11.3 Å². The van der Waals surface area contributed by atoms with Crippen LogP contribution in [-0.2, 0) is 17.7 Å². The van der Waals surface area contributed by atoms with Crippen LogP contribution in [-0.4, -0.2) is 35.1 Å². The van der Waals surface area contributed by atoms with Gasteiger partial charge in [0.1, 0.15) is 0 Å². The predicted molar refractivity (Wildman–Crippen MR) is 74.9 cm³/mol. The summed E-state index contributed by atoms with van der Waals surface area (Å²) < 4.78 is 7.91. The SMILES string of the molecule is CCOC(C)(C)C(Cc1cc(C)nn1CC)NC. The molecule has 1 N–H and O–H groups in total. The third-order valence-electron chi connectivity index (χ3n) is 3.40. The molecule has 0 fully saturated rings. The zero-order chi connectivity index (χ0) is 13.8. The first-order valence-corrected chi connectivity index (χ1v) is 6.79. The maximum absolute atomic E-state index is 5.84. The van der Waals surface area contributed by atoms with Crippen molar-refractivity contribution >= 4 is 0 Å². The average Bonchev–Trinajstić information content (AvgIpc) is 2.66. The molecule has 0 aliphatic rings. The van der Waals surface area contributed by atoms with Crippen molar-refractivity contribution < 1.29 is 4.74 Å². The van der Waals surface area contributed by atoms with Crippen LogP contribution in [0.4, 0.5) is 0 Å². The van der Waals surface area contributed by atoms with Gasteiger partial charge in [-0.15, -0.1) is 0 Å². The molecule has 18 heavy (non-hydrogen) atoms. The van der Waals surface area contributed by atoms with Crippen molar-refractivity contribution in [2.75, 3.05) is 13.7 Å². The Morgan fingerprint density at radius 3 is 2.61 bits per heavy atom. The summed E-state index contributed by atoms with van der Waals surface area (Å²) in [6.45, 7) is 12.1. The van der Waals surface area contributed by atoms with E-state index in [-0.39, 0.29) is 11.6 Å². The normalized spacial score (nSPS) is 13.9. The summed E-state index contributed by atoms with van der Waals surface area (Å²) in [6, 6.07) is 2.44. The molecular formula is C14H27N3O. The minimum Gasteiger partial charge on any atom is -0.374 e. The van der Waals surface area contributed by atoms with E-state index in [1.165, 1.54) is 5.69 Å². The minimum atomic E-state index is -0.180. The highest BCUT2D eigenvalue weighted by atomic mass is 16.5. The maximum atomic E-state index is 5.84. The summed E-state index contributed by atoms with van der Waals surface area (Å²) in [5.74, 6) is 0. The third kappa shape index (κ3) is 3.56. The Labute approximate surface area is 111 Å². The van der Waals surface area contributed by atoms with E-state index < -0.39 is 0 Å². The van der Waals surface area contributed by atoms with Crippen molar-refractivity contribution in [1.29, 1.82) is 0 Å². The molecule has 0 spiro atoms. The van der Waals surface area contributed by atoms with Crippen LogP contribution < -0.4 is 5.32 Å². The molecule has 104 valence electrons. The molecule has 1 heterocycles. The molecule has 0 aliphatic carbocycles. The first kappa shape index (κ1) is 15.2. The molecular weight excluding hydrogens is 226 g/mol. The summed E-state index contributed by atoms with van der Waals surface area (Å²) in [6.07, 6.45) is 0.929. The van der Waals surface area contributed by atoms with Gasteiger partial charge >= 0.3 is 0 Å². The number of nitrogens with zero attached hydrogens (tertiary/aromatic N) is 2. The van der Waals surface area contributed by atoms with Gasteiger partial charge < -0.3 is 10.1 Å². The van der Waals surface area contributed by atoms with Crippen molar-refractivity contribution in [1.82, 2.24) is 15.1 Å². The quantitative estimate of drug-likeness (QED) is 0.809. The first-order valence-electron chi connectivity index (χ1n) is 6.79. The Bertz CT molecular complexity index is 371. The van der Waals surface area contributed by atoms with E-state index in [2.05, 4.69) is 41.9 Å². The predicted octanol–water partition coefficient (Wildman–Crippen LogP) is 2.16. The fourth-order valence-electron chi connectivity index (χ4n) is 2.41. The molecule has 1 unspecified atom stereocenters. The van der Waals surface area contributed by atoms with Gasteiger partial charge in [-0.2, -0.15) is 5.10 Å². The van der Waals surface area contributed by atoms with E-state index in [0.717, 1.165) is 25.3 Å². The zero-order valence-corrected chi connectivity index (χ0v) is 12.6. The molecule has 1 aromatic heterocycles. The molecule has 4 nitrogen and oxygen atoms in total. The van der Waals surface area contributed by atoms with E-state index in [4.69, 9.17) is 4.74 Å². The van der Waals surface area contributed by atoms with Crippen molar-refractivity contribution in [2.45, 2.75) is 59.2 Å². The molecule has 1 atom stereocenters. The Hall–Kier alpha value is -0.870. The number of ether oxygens (including phenoxy) is 1. The van der Waals surface area contributed by atoms with Gasteiger partial charge in [0, 0.05) is 31.3 Å². The number of aromatic nitrogens is 2. The molecule has 0 aliphatic heterocycles. The maximum Gasteiger partial charge on any atom is 0.0782 e. The fourth-order valence-corrected chi connectivity index (χ4v) is 2.41. The van der Waals surface area contributed by atoms with Crippen LogP contribution in [0.1, 0.15) is 39.1 Å². The summed E-state index contributed by atoms with van der Waals surface area (Å²) in [5, 5.41) is 7.86. The van der Waals surface area contributed by atoms with Gasteiger partial charge in [-0.25, -0.2) is 0 Å². The molecule has 4 heteroatoms. The lowest BCUT2D eigenvalue weighted by Crippen LogP contribution is -2.48. The third-order valence-corrected chi connectivity index (χ3v) is 3.40. The molecule has 0 radical (unpaired) electrons. The average molecular weight is 253 g/mol. The molecule has 0 amide bonds. The Morgan fingerprint density at radius 1 is 1.44 bits per heavy atom. The van der Waals surface area contributed by atoms with Gasteiger partial charge in [-0.3, -0.25) is 4.68 Å². The van der Waals surface area contributed by atoms with Crippen LogP contribution in [0, 0.1) is 6.92 Å². The fraction of sp³-hybridized carbons (Fsp3) is 0.786. The van der Waals surface area contributed by atoms with Crippen LogP contribution in [0.3, 0.4) is 0 Å². The summed E-state index contributed by atoms with van der Waals surface area (Å²) >= 11 is 0. The van der Waals surface area contributed by atoms with Gasteiger partial charge in [0.2, 0.25) is 0 Å². The standard InChI is InChI=1S/C14H27N3O/c1-7-17-12(9-11(3)16-17)10-13(15-6)14(4,5)18-8-2/h9,13,15H,7-8,10H2,1-6H3. The molecule has 0 aromatic carbocycles. The lowest BCUT2D eigenvalue weighted by Gasteiger charge is -2.34. The van der Waals surface area contributed by atoms with Crippen LogP contribution in [0.25, 0.3) is 0 Å². The summed E-state index contributed by atoms with van der Waals surface area (Å²) in [5.41, 5.74) is 2.17. The number of rotatable bonds is 7. The number of hydrogen-bond acceptors (Lipinski definition) is 3. The van der Waals surface area contributed by atoms with E-state index in [1.807, 2.05) is 20.9 Å². The van der Waals surface area contributed by atoms with Gasteiger partial charge in [-0.05, 0) is 47.7 Å². The van der Waals surface area contributed by atoms with Crippen molar-refractivity contribution in [3.05, 3.63) is 17.5 Å². The van der Waals surface area contributed by atoms with E-state index >= 15 is 0 Å². The van der Waals surface area contributed by atoms with Gasteiger partial charge in [0.25, 0.3) is 0 Å². The van der Waals surface area contributed by atoms with Crippen LogP contribution in [0.2, 0.25) is 0 Å². The topological polar surface area (TPSA) is 39.1 Å². The van der Waals surface area contributed by atoms with E-state index in [0.29, 0.717) is 0 Å². The highest BCUT2D eigenvalue weighted by Gasteiger charge is 2.29. The highest BCUT2D eigenvalue weighted by molar-refractivity contribution is 5.11. The smallest absolute Gasteiger partial charge is 0.0782 e. The van der Waals surface area contributed by atoms with Gasteiger partial charge in [0.15, 0.2) is 0 Å². The van der Waals surface area contributed by atoms with Crippen molar-refractivity contribution in [3.8, 4) is 0 Å². The second kappa shape index (κ2) is 6.34. The molecule has 0 saturated heterocycles. The van der Waals surface area contributed by atoms with E-state index in [1.54, 1.807) is 0 Å². The minimum absolute atomic E-state index is 0.180. The lowest BCUT2D eigenvalue weighted by molar-refractivity contribution is -0.0367. The highest BCUT2D eigenvalue weighted by Crippen LogP contribution is 2.19.